The maximum absolute atomic E-state index is 13.2. The molecule has 0 radical (unpaired) electrons. The van der Waals surface area contributed by atoms with Gasteiger partial charge >= 0.3 is 0 Å². The van der Waals surface area contributed by atoms with E-state index < -0.39 is 0 Å². The summed E-state index contributed by atoms with van der Waals surface area (Å²) in [5.74, 6) is 2.51. The van der Waals surface area contributed by atoms with E-state index in [0.29, 0.717) is 16.8 Å². The van der Waals surface area contributed by atoms with Gasteiger partial charge in [-0.2, -0.15) is 0 Å². The molecule has 3 heterocycles. The van der Waals surface area contributed by atoms with Crippen LogP contribution in [0.3, 0.4) is 0 Å². The number of anilines is 1. The summed E-state index contributed by atoms with van der Waals surface area (Å²) in [7, 11) is 0. The second kappa shape index (κ2) is 9.36. The molecule has 2 N–H and O–H groups in total. The average molecular weight is 465 g/mol. The van der Waals surface area contributed by atoms with Gasteiger partial charge in [-0.3, -0.25) is 4.90 Å². The van der Waals surface area contributed by atoms with Gasteiger partial charge in [-0.1, -0.05) is 36.0 Å². The fourth-order valence-electron chi connectivity index (χ4n) is 4.15. The minimum Gasteiger partial charge on any atom is -0.437 e. The number of halogens is 1. The van der Waals surface area contributed by atoms with E-state index >= 15 is 0 Å². The van der Waals surface area contributed by atoms with Gasteiger partial charge in [0, 0.05) is 44.0 Å². The van der Waals surface area contributed by atoms with E-state index in [2.05, 4.69) is 31.7 Å². The summed E-state index contributed by atoms with van der Waals surface area (Å²) in [5.41, 5.74) is 8.89. The van der Waals surface area contributed by atoms with Crippen LogP contribution in [0.1, 0.15) is 24.1 Å². The molecule has 5 rings (SSSR count). The molecule has 2 aliphatic heterocycles. The van der Waals surface area contributed by atoms with E-state index in [1.165, 1.54) is 30.2 Å². The van der Waals surface area contributed by atoms with E-state index in [0.717, 1.165) is 54.6 Å². The van der Waals surface area contributed by atoms with Crippen LogP contribution in [0, 0.1) is 5.82 Å². The van der Waals surface area contributed by atoms with Crippen molar-refractivity contribution in [3.8, 4) is 11.6 Å². The van der Waals surface area contributed by atoms with Gasteiger partial charge in [0.15, 0.2) is 10.9 Å². The lowest BCUT2D eigenvalue weighted by molar-refractivity contribution is 0.198. The van der Waals surface area contributed by atoms with Crippen LogP contribution < -0.4 is 15.4 Å². The van der Waals surface area contributed by atoms with Gasteiger partial charge in [0.25, 0.3) is 0 Å². The molecular formula is C24H25FN6OS. The second-order valence-electron chi connectivity index (χ2n) is 8.07. The molecule has 2 aliphatic rings. The summed E-state index contributed by atoms with van der Waals surface area (Å²) < 4.78 is 19.3. The van der Waals surface area contributed by atoms with Crippen LogP contribution in [0.15, 0.2) is 59.9 Å². The number of benzene rings is 2. The minimum atomic E-state index is -0.206. The van der Waals surface area contributed by atoms with Gasteiger partial charge < -0.3 is 15.4 Å². The quantitative estimate of drug-likeness (QED) is 0.596. The number of aliphatic imine (C=N–C) groups is 1. The fourth-order valence-corrected chi connectivity index (χ4v) is 4.84. The molecule has 170 valence electrons. The Morgan fingerprint density at radius 1 is 1.06 bits per heavy atom. The van der Waals surface area contributed by atoms with Crippen molar-refractivity contribution in [2.45, 2.75) is 18.7 Å². The number of rotatable bonds is 5. The zero-order valence-electron chi connectivity index (χ0n) is 18.3. The molecule has 1 unspecified atom stereocenters. The van der Waals surface area contributed by atoms with Crippen LogP contribution in [0.25, 0.3) is 0 Å². The van der Waals surface area contributed by atoms with Gasteiger partial charge in [0.2, 0.25) is 5.88 Å². The molecule has 1 fully saturated rings. The lowest BCUT2D eigenvalue weighted by atomic mass is 10.1. The van der Waals surface area contributed by atoms with Crippen LogP contribution in [0.5, 0.6) is 11.6 Å². The summed E-state index contributed by atoms with van der Waals surface area (Å²) >= 11 is 1.52. The Morgan fingerprint density at radius 3 is 2.64 bits per heavy atom. The first-order valence-corrected chi connectivity index (χ1v) is 11.9. The van der Waals surface area contributed by atoms with Crippen LogP contribution in [-0.4, -0.2) is 46.2 Å². The van der Waals surface area contributed by atoms with Crippen molar-refractivity contribution in [3.05, 3.63) is 71.8 Å². The SMILES string of the molecule is CC(c1ccc(F)cc1)N1CCN(c2cc(Oc3cccc4c3N=C(N)SC4)ncn2)CC1. The topological polar surface area (TPSA) is 79.9 Å². The van der Waals surface area contributed by atoms with Crippen molar-refractivity contribution in [2.75, 3.05) is 31.1 Å². The lowest BCUT2D eigenvalue weighted by Crippen LogP contribution is -2.47. The third kappa shape index (κ3) is 4.79. The summed E-state index contributed by atoms with van der Waals surface area (Å²) in [5, 5.41) is 0.537. The fraction of sp³-hybridized carbons (Fsp3) is 0.292. The molecule has 1 saturated heterocycles. The Balaban J connectivity index is 1.26. The first kappa shape index (κ1) is 21.7. The number of hydrogen-bond donors (Lipinski definition) is 1. The van der Waals surface area contributed by atoms with Crippen molar-refractivity contribution >= 4 is 28.4 Å². The monoisotopic (exact) mass is 464 g/mol. The van der Waals surface area contributed by atoms with Crippen LogP contribution in [0.4, 0.5) is 15.9 Å². The molecule has 0 saturated carbocycles. The van der Waals surface area contributed by atoms with E-state index in [-0.39, 0.29) is 11.9 Å². The van der Waals surface area contributed by atoms with Gasteiger partial charge in [0.1, 0.15) is 23.6 Å². The summed E-state index contributed by atoms with van der Waals surface area (Å²) in [4.78, 5) is 17.9. The summed E-state index contributed by atoms with van der Waals surface area (Å²) in [6.45, 7) is 5.60. The molecular weight excluding hydrogens is 439 g/mol. The van der Waals surface area contributed by atoms with Crippen LogP contribution in [0.2, 0.25) is 0 Å². The third-order valence-corrected chi connectivity index (χ3v) is 6.90. The molecule has 33 heavy (non-hydrogen) atoms. The number of para-hydroxylation sites is 1. The predicted octanol–water partition coefficient (Wildman–Crippen LogP) is 4.48. The number of fused-ring (bicyclic) bond motifs is 1. The van der Waals surface area contributed by atoms with E-state index in [9.17, 15) is 4.39 Å². The zero-order valence-corrected chi connectivity index (χ0v) is 19.1. The molecule has 0 bridgehead atoms. The predicted molar refractivity (Wildman–Crippen MR) is 130 cm³/mol. The second-order valence-corrected chi connectivity index (χ2v) is 9.07. The van der Waals surface area contributed by atoms with Gasteiger partial charge in [-0.15, -0.1) is 0 Å². The minimum absolute atomic E-state index is 0.206. The average Bonchev–Trinajstić information content (AvgIpc) is 2.85. The molecule has 2 aromatic carbocycles. The van der Waals surface area contributed by atoms with E-state index in [1.807, 2.05) is 36.4 Å². The largest absolute Gasteiger partial charge is 0.437 e. The highest BCUT2D eigenvalue weighted by Crippen LogP contribution is 2.39. The molecule has 3 aromatic rings. The molecule has 7 nitrogen and oxygen atoms in total. The normalized spacial score (nSPS) is 17.3. The van der Waals surface area contributed by atoms with Crippen molar-refractivity contribution in [3.63, 3.8) is 0 Å². The first-order chi connectivity index (χ1) is 16.1. The maximum Gasteiger partial charge on any atom is 0.224 e. The van der Waals surface area contributed by atoms with E-state index in [1.54, 1.807) is 0 Å². The maximum atomic E-state index is 13.2. The van der Waals surface area contributed by atoms with E-state index in [4.69, 9.17) is 10.5 Å². The third-order valence-electron chi connectivity index (χ3n) is 6.06. The molecule has 9 heteroatoms. The number of amidine groups is 1. The Hall–Kier alpha value is -3.17. The molecule has 1 aromatic heterocycles. The number of nitrogens with two attached hydrogens (primary N) is 1. The lowest BCUT2D eigenvalue weighted by Gasteiger charge is -2.38. The number of nitrogens with zero attached hydrogens (tertiary/aromatic N) is 5. The highest BCUT2D eigenvalue weighted by atomic mass is 32.2. The Morgan fingerprint density at radius 2 is 1.85 bits per heavy atom. The zero-order chi connectivity index (χ0) is 22.8. The number of aromatic nitrogens is 2. The molecule has 1 atom stereocenters. The first-order valence-electron chi connectivity index (χ1n) is 10.9. The van der Waals surface area contributed by atoms with Gasteiger partial charge in [-0.05, 0) is 36.2 Å². The van der Waals surface area contributed by atoms with Crippen molar-refractivity contribution < 1.29 is 9.13 Å². The highest BCUT2D eigenvalue weighted by Gasteiger charge is 2.23. The van der Waals surface area contributed by atoms with Crippen LogP contribution >= 0.6 is 11.8 Å². The highest BCUT2D eigenvalue weighted by molar-refractivity contribution is 8.13. The number of thioether (sulfide) groups is 1. The Kier molecular flexibility index (Phi) is 6.15. The standard InChI is InChI=1S/C24H25FN6OS/c1-16(17-5-7-19(25)8-6-17)30-9-11-31(12-10-30)21-13-22(28-15-27-21)32-20-4-2-3-18-14-33-24(26)29-23(18)20/h2-8,13,15-16H,9-12,14H2,1H3,(H2,26,29). The number of hydrogen-bond acceptors (Lipinski definition) is 8. The Bertz CT molecular complexity index is 1160. The molecule has 0 amide bonds. The number of ether oxygens (including phenoxy) is 1. The smallest absolute Gasteiger partial charge is 0.224 e. The van der Waals surface area contributed by atoms with Gasteiger partial charge in [-0.25, -0.2) is 19.4 Å². The van der Waals surface area contributed by atoms with Crippen LogP contribution in [-0.2, 0) is 5.75 Å². The summed E-state index contributed by atoms with van der Waals surface area (Å²) in [6.07, 6.45) is 1.53. The molecule has 0 spiro atoms. The van der Waals surface area contributed by atoms with Gasteiger partial charge in [0.05, 0.1) is 0 Å². The summed E-state index contributed by atoms with van der Waals surface area (Å²) in [6, 6.07) is 14.7. The van der Waals surface area contributed by atoms with Crippen molar-refractivity contribution in [1.82, 2.24) is 14.9 Å². The van der Waals surface area contributed by atoms with Crippen molar-refractivity contribution in [2.24, 2.45) is 10.7 Å². The van der Waals surface area contributed by atoms with Crippen molar-refractivity contribution in [1.29, 1.82) is 0 Å². The number of piperazine rings is 1. The Labute approximate surface area is 196 Å². The molecule has 0 aliphatic carbocycles.